The molecule has 0 radical (unpaired) electrons. The van der Waals surface area contributed by atoms with Gasteiger partial charge in [-0.2, -0.15) is 0 Å². The van der Waals surface area contributed by atoms with Crippen LogP contribution in [0.15, 0.2) is 18.2 Å². The van der Waals surface area contributed by atoms with Crippen LogP contribution in [0.5, 0.6) is 0 Å². The number of carbonyl (C=O) groups excluding carboxylic acids is 1. The molecule has 80 valence electrons. The Morgan fingerprint density at radius 2 is 2.27 bits per heavy atom. The lowest BCUT2D eigenvalue weighted by Gasteiger charge is -2.08. The topological polar surface area (TPSA) is 55.1 Å². The van der Waals surface area contributed by atoms with Gasteiger partial charge in [-0.05, 0) is 25.5 Å². The summed E-state index contributed by atoms with van der Waals surface area (Å²) in [6.07, 6.45) is 0.722. The van der Waals surface area contributed by atoms with Crippen molar-refractivity contribution < 1.29 is 9.18 Å². The van der Waals surface area contributed by atoms with Crippen molar-refractivity contribution in [1.82, 2.24) is 0 Å². The fraction of sp³-hybridized carbons (Fsp3) is 0.364. The van der Waals surface area contributed by atoms with Crippen molar-refractivity contribution in [2.45, 2.75) is 19.4 Å². The van der Waals surface area contributed by atoms with Crippen LogP contribution in [0.25, 0.3) is 0 Å². The van der Waals surface area contributed by atoms with Crippen molar-refractivity contribution in [1.29, 1.82) is 0 Å². The zero-order chi connectivity index (χ0) is 11.0. The van der Waals surface area contributed by atoms with E-state index in [1.807, 2.05) is 0 Å². The van der Waals surface area contributed by atoms with Gasteiger partial charge in [-0.3, -0.25) is 4.79 Å². The van der Waals surface area contributed by atoms with Gasteiger partial charge in [0.1, 0.15) is 5.82 Å². The van der Waals surface area contributed by atoms with Gasteiger partial charge in [-0.1, -0.05) is 6.07 Å². The molecule has 1 saturated carbocycles. The van der Waals surface area contributed by atoms with Crippen molar-refractivity contribution in [2.24, 2.45) is 11.7 Å². The van der Waals surface area contributed by atoms with E-state index < -0.39 is 0 Å². The van der Waals surface area contributed by atoms with Crippen molar-refractivity contribution in [3.05, 3.63) is 29.6 Å². The average molecular weight is 208 g/mol. The summed E-state index contributed by atoms with van der Waals surface area (Å²) in [6, 6.07) is 4.60. The number of hydrogen-bond donors (Lipinski definition) is 2. The molecule has 2 atom stereocenters. The van der Waals surface area contributed by atoms with Crippen LogP contribution in [-0.4, -0.2) is 11.9 Å². The van der Waals surface area contributed by atoms with E-state index in [-0.39, 0.29) is 23.7 Å². The molecule has 0 aromatic heterocycles. The minimum Gasteiger partial charge on any atom is -0.327 e. The molecular weight excluding hydrogens is 195 g/mol. The number of rotatable bonds is 2. The number of halogens is 1. The van der Waals surface area contributed by atoms with Crippen molar-refractivity contribution >= 4 is 11.6 Å². The number of nitrogens with one attached hydrogen (secondary N) is 1. The highest BCUT2D eigenvalue weighted by atomic mass is 19.1. The maximum absolute atomic E-state index is 13.1. The normalized spacial score (nSPS) is 23.7. The van der Waals surface area contributed by atoms with E-state index in [9.17, 15) is 9.18 Å². The van der Waals surface area contributed by atoms with E-state index in [4.69, 9.17) is 5.73 Å². The molecule has 1 fully saturated rings. The van der Waals surface area contributed by atoms with E-state index in [2.05, 4.69) is 5.32 Å². The molecule has 1 aliphatic rings. The maximum Gasteiger partial charge on any atom is 0.229 e. The van der Waals surface area contributed by atoms with Gasteiger partial charge in [0.05, 0.1) is 5.92 Å². The molecule has 15 heavy (non-hydrogen) atoms. The molecule has 2 unspecified atom stereocenters. The highest BCUT2D eigenvalue weighted by molar-refractivity contribution is 5.95. The minimum atomic E-state index is -0.312. The third-order valence-electron chi connectivity index (χ3n) is 2.70. The van der Waals surface area contributed by atoms with Crippen LogP contribution < -0.4 is 11.1 Å². The predicted octanol–water partition coefficient (Wildman–Crippen LogP) is 1.42. The monoisotopic (exact) mass is 208 g/mol. The Hall–Kier alpha value is -1.42. The molecule has 1 aromatic carbocycles. The van der Waals surface area contributed by atoms with Crippen LogP contribution in [-0.2, 0) is 4.79 Å². The molecule has 0 heterocycles. The van der Waals surface area contributed by atoms with Crippen LogP contribution in [0, 0.1) is 18.7 Å². The van der Waals surface area contributed by atoms with Gasteiger partial charge in [0.25, 0.3) is 0 Å². The Kier molecular flexibility index (Phi) is 2.44. The highest BCUT2D eigenvalue weighted by Crippen LogP contribution is 2.29. The van der Waals surface area contributed by atoms with Crippen LogP contribution in [0.4, 0.5) is 10.1 Å². The smallest absolute Gasteiger partial charge is 0.229 e. The molecular formula is C11H13FN2O. The van der Waals surface area contributed by atoms with E-state index in [0.717, 1.165) is 6.42 Å². The van der Waals surface area contributed by atoms with Crippen molar-refractivity contribution in [2.75, 3.05) is 5.32 Å². The van der Waals surface area contributed by atoms with Gasteiger partial charge in [0.2, 0.25) is 5.91 Å². The number of amides is 1. The summed E-state index contributed by atoms with van der Waals surface area (Å²) < 4.78 is 13.1. The van der Waals surface area contributed by atoms with Crippen LogP contribution in [0.1, 0.15) is 12.0 Å². The largest absolute Gasteiger partial charge is 0.327 e. The molecule has 1 amide bonds. The SMILES string of the molecule is Cc1c(F)cccc1NC(=O)C1CC1N. The first-order valence-electron chi connectivity index (χ1n) is 4.91. The quantitative estimate of drug-likeness (QED) is 0.772. The summed E-state index contributed by atoms with van der Waals surface area (Å²) in [5, 5.41) is 2.68. The zero-order valence-electron chi connectivity index (χ0n) is 8.46. The van der Waals surface area contributed by atoms with E-state index in [0.29, 0.717) is 11.3 Å². The first kappa shape index (κ1) is 10.1. The Morgan fingerprint density at radius 1 is 1.60 bits per heavy atom. The van der Waals surface area contributed by atoms with E-state index in [1.165, 1.54) is 6.07 Å². The molecule has 0 aliphatic heterocycles. The molecule has 4 heteroatoms. The second-order valence-electron chi connectivity index (χ2n) is 3.91. The van der Waals surface area contributed by atoms with Gasteiger partial charge in [0.15, 0.2) is 0 Å². The number of nitrogens with two attached hydrogens (primary N) is 1. The summed E-state index contributed by atoms with van der Waals surface area (Å²) in [6.45, 7) is 1.64. The summed E-state index contributed by atoms with van der Waals surface area (Å²) >= 11 is 0. The van der Waals surface area contributed by atoms with E-state index in [1.54, 1.807) is 19.1 Å². The number of hydrogen-bond acceptors (Lipinski definition) is 2. The molecule has 0 saturated heterocycles. The van der Waals surface area contributed by atoms with Crippen LogP contribution in [0.2, 0.25) is 0 Å². The second kappa shape index (κ2) is 3.62. The standard InChI is InChI=1S/C11H13FN2O/c1-6-8(12)3-2-4-10(6)14-11(15)7-5-9(7)13/h2-4,7,9H,5,13H2,1H3,(H,14,15). The molecule has 0 bridgehead atoms. The highest BCUT2D eigenvalue weighted by Gasteiger charge is 2.40. The van der Waals surface area contributed by atoms with Gasteiger partial charge in [-0.15, -0.1) is 0 Å². The number of carbonyl (C=O) groups is 1. The summed E-state index contributed by atoms with van der Waals surface area (Å²) in [5.74, 6) is -0.531. The van der Waals surface area contributed by atoms with Crippen LogP contribution in [0.3, 0.4) is 0 Å². The summed E-state index contributed by atoms with van der Waals surface area (Å²) in [4.78, 5) is 11.5. The third-order valence-corrected chi connectivity index (χ3v) is 2.70. The van der Waals surface area contributed by atoms with Gasteiger partial charge >= 0.3 is 0 Å². The fourth-order valence-electron chi connectivity index (χ4n) is 1.48. The van der Waals surface area contributed by atoms with Gasteiger partial charge in [-0.25, -0.2) is 4.39 Å². The lowest BCUT2D eigenvalue weighted by Crippen LogP contribution is -2.19. The lowest BCUT2D eigenvalue weighted by atomic mass is 10.2. The lowest BCUT2D eigenvalue weighted by molar-refractivity contribution is -0.117. The molecule has 1 aliphatic carbocycles. The van der Waals surface area contributed by atoms with Gasteiger partial charge in [0, 0.05) is 17.3 Å². The molecule has 0 spiro atoms. The summed E-state index contributed by atoms with van der Waals surface area (Å²) in [7, 11) is 0. The van der Waals surface area contributed by atoms with Crippen LogP contribution >= 0.6 is 0 Å². The first-order valence-corrected chi connectivity index (χ1v) is 4.91. The molecule has 2 rings (SSSR count). The Balaban J connectivity index is 2.10. The van der Waals surface area contributed by atoms with Gasteiger partial charge < -0.3 is 11.1 Å². The zero-order valence-corrected chi connectivity index (χ0v) is 8.46. The van der Waals surface area contributed by atoms with Crippen molar-refractivity contribution in [3.63, 3.8) is 0 Å². The molecule has 3 N–H and O–H groups in total. The Morgan fingerprint density at radius 3 is 2.87 bits per heavy atom. The maximum atomic E-state index is 13.1. The minimum absolute atomic E-state index is 0.0288. The first-order chi connectivity index (χ1) is 7.09. The predicted molar refractivity (Wildman–Crippen MR) is 55.8 cm³/mol. The number of benzene rings is 1. The fourth-order valence-corrected chi connectivity index (χ4v) is 1.48. The molecule has 1 aromatic rings. The number of anilines is 1. The summed E-state index contributed by atoms with van der Waals surface area (Å²) in [5.41, 5.74) is 6.54. The van der Waals surface area contributed by atoms with Crippen molar-refractivity contribution in [3.8, 4) is 0 Å². The Bertz CT molecular complexity index is 406. The average Bonchev–Trinajstić information content (AvgIpc) is 2.91. The Labute approximate surface area is 87.5 Å². The van der Waals surface area contributed by atoms with E-state index >= 15 is 0 Å². The second-order valence-corrected chi connectivity index (χ2v) is 3.91. The third kappa shape index (κ3) is 1.99. The molecule has 3 nitrogen and oxygen atoms in total.